The lowest BCUT2D eigenvalue weighted by Gasteiger charge is -2.22. The van der Waals surface area contributed by atoms with Crippen molar-refractivity contribution in [3.05, 3.63) is 72.4 Å². The Morgan fingerprint density at radius 3 is 2.33 bits per heavy atom. The predicted octanol–water partition coefficient (Wildman–Crippen LogP) is 6.64. The summed E-state index contributed by atoms with van der Waals surface area (Å²) >= 11 is 0. The first-order chi connectivity index (χ1) is 14.8. The Morgan fingerprint density at radius 1 is 0.967 bits per heavy atom. The van der Waals surface area contributed by atoms with Crippen molar-refractivity contribution in [3.8, 4) is 5.75 Å². The molecule has 0 atom stereocenters. The average Bonchev–Trinajstić information content (AvgIpc) is 2.82. The molecule has 0 bridgehead atoms. The number of allylic oxidation sites excluding steroid dienone is 2. The highest BCUT2D eigenvalue weighted by Gasteiger charge is 2.04. The van der Waals surface area contributed by atoms with Gasteiger partial charge in [0, 0.05) is 13.6 Å². The van der Waals surface area contributed by atoms with Crippen molar-refractivity contribution < 1.29 is 4.74 Å². The highest BCUT2D eigenvalue weighted by atomic mass is 16.5. The maximum Gasteiger partial charge on any atom is 0.119 e. The van der Waals surface area contributed by atoms with E-state index in [2.05, 4.69) is 66.2 Å². The number of rotatable bonds is 10. The molecule has 0 spiro atoms. The SMILES string of the molecule is CC.CCCCCCOc1ccc(N(C)Nc2ccc(C3=CCNC=C3)cc2)cc1. The average molecular weight is 408 g/mol. The maximum atomic E-state index is 5.82. The second-order valence-corrected chi connectivity index (χ2v) is 7.05. The molecular weight excluding hydrogens is 370 g/mol. The summed E-state index contributed by atoms with van der Waals surface area (Å²) < 4.78 is 5.82. The smallest absolute Gasteiger partial charge is 0.119 e. The Balaban J connectivity index is 0.00000155. The van der Waals surface area contributed by atoms with Crippen LogP contribution in [0.15, 0.2) is 66.9 Å². The van der Waals surface area contributed by atoms with E-state index in [1.165, 1.54) is 30.4 Å². The predicted molar refractivity (Wildman–Crippen MR) is 131 cm³/mol. The molecule has 4 nitrogen and oxygen atoms in total. The third kappa shape index (κ3) is 7.51. The topological polar surface area (TPSA) is 36.5 Å². The molecule has 1 aliphatic rings. The van der Waals surface area contributed by atoms with Gasteiger partial charge >= 0.3 is 0 Å². The first kappa shape index (κ1) is 23.4. The first-order valence-electron chi connectivity index (χ1n) is 11.2. The van der Waals surface area contributed by atoms with Crippen molar-refractivity contribution in [2.24, 2.45) is 0 Å². The number of hydrogen-bond donors (Lipinski definition) is 2. The van der Waals surface area contributed by atoms with Gasteiger partial charge in [0.2, 0.25) is 0 Å². The lowest BCUT2D eigenvalue weighted by Crippen LogP contribution is -2.24. The summed E-state index contributed by atoms with van der Waals surface area (Å²) in [5.74, 6) is 0.932. The van der Waals surface area contributed by atoms with E-state index >= 15 is 0 Å². The van der Waals surface area contributed by atoms with Crippen molar-refractivity contribution in [1.82, 2.24) is 5.32 Å². The number of nitrogens with one attached hydrogen (secondary N) is 2. The van der Waals surface area contributed by atoms with E-state index in [9.17, 15) is 0 Å². The molecular formula is C26H37N3O. The summed E-state index contributed by atoms with van der Waals surface area (Å²) in [6.07, 6.45) is 11.2. The zero-order valence-electron chi connectivity index (χ0n) is 18.9. The van der Waals surface area contributed by atoms with E-state index in [-0.39, 0.29) is 0 Å². The fourth-order valence-corrected chi connectivity index (χ4v) is 3.15. The van der Waals surface area contributed by atoms with Gasteiger partial charge in [0.05, 0.1) is 18.0 Å². The minimum Gasteiger partial charge on any atom is -0.494 e. The van der Waals surface area contributed by atoms with Gasteiger partial charge in [0.1, 0.15) is 5.75 Å². The van der Waals surface area contributed by atoms with Crippen molar-refractivity contribution in [2.45, 2.75) is 46.5 Å². The Bertz CT molecular complexity index is 779. The van der Waals surface area contributed by atoms with Gasteiger partial charge in [-0.05, 0) is 66.2 Å². The van der Waals surface area contributed by atoms with Crippen LogP contribution in [0.4, 0.5) is 11.4 Å². The molecule has 0 aliphatic carbocycles. The van der Waals surface area contributed by atoms with Crippen LogP contribution in [0.25, 0.3) is 5.57 Å². The second-order valence-electron chi connectivity index (χ2n) is 7.05. The molecule has 1 aliphatic heterocycles. The zero-order chi connectivity index (χ0) is 21.6. The molecule has 0 unspecified atom stereocenters. The highest BCUT2D eigenvalue weighted by molar-refractivity contribution is 5.75. The van der Waals surface area contributed by atoms with Crippen molar-refractivity contribution in [2.75, 3.05) is 30.6 Å². The number of hydrogen-bond acceptors (Lipinski definition) is 4. The Kier molecular flexibility index (Phi) is 10.4. The molecule has 0 saturated carbocycles. The Hall–Kier alpha value is -2.88. The van der Waals surface area contributed by atoms with E-state index in [0.29, 0.717) is 0 Å². The van der Waals surface area contributed by atoms with E-state index in [4.69, 9.17) is 4.74 Å². The van der Waals surface area contributed by atoms with E-state index < -0.39 is 0 Å². The molecule has 3 rings (SSSR count). The van der Waals surface area contributed by atoms with Crippen molar-refractivity contribution >= 4 is 16.9 Å². The lowest BCUT2D eigenvalue weighted by molar-refractivity contribution is 0.305. The zero-order valence-corrected chi connectivity index (χ0v) is 18.9. The van der Waals surface area contributed by atoms with Crippen molar-refractivity contribution in [1.29, 1.82) is 0 Å². The van der Waals surface area contributed by atoms with Gasteiger partial charge in [-0.2, -0.15) is 0 Å². The number of nitrogens with zero attached hydrogens (tertiary/aromatic N) is 1. The molecule has 2 aromatic rings. The van der Waals surface area contributed by atoms with Crippen LogP contribution < -0.4 is 20.5 Å². The summed E-state index contributed by atoms with van der Waals surface area (Å²) in [4.78, 5) is 0. The molecule has 0 aromatic heterocycles. The van der Waals surface area contributed by atoms with E-state index in [1.807, 2.05) is 44.2 Å². The Morgan fingerprint density at radius 2 is 1.70 bits per heavy atom. The van der Waals surface area contributed by atoms with Crippen LogP contribution in [0, 0.1) is 0 Å². The first-order valence-corrected chi connectivity index (χ1v) is 11.2. The maximum absolute atomic E-state index is 5.82. The monoisotopic (exact) mass is 407 g/mol. The molecule has 2 aromatic carbocycles. The van der Waals surface area contributed by atoms with Gasteiger partial charge in [-0.25, -0.2) is 0 Å². The van der Waals surface area contributed by atoms with Crippen LogP contribution in [0.3, 0.4) is 0 Å². The van der Waals surface area contributed by atoms with Crippen LogP contribution in [-0.4, -0.2) is 20.2 Å². The van der Waals surface area contributed by atoms with Gasteiger partial charge in [0.25, 0.3) is 0 Å². The minimum absolute atomic E-state index is 0.793. The molecule has 0 saturated heterocycles. The van der Waals surface area contributed by atoms with Gasteiger partial charge in [-0.3, -0.25) is 10.4 Å². The van der Waals surface area contributed by atoms with Crippen LogP contribution in [0.1, 0.15) is 52.0 Å². The molecule has 30 heavy (non-hydrogen) atoms. The van der Waals surface area contributed by atoms with E-state index in [0.717, 1.165) is 36.7 Å². The van der Waals surface area contributed by atoms with Crippen LogP contribution in [0.5, 0.6) is 5.75 Å². The summed E-state index contributed by atoms with van der Waals surface area (Å²) in [6.45, 7) is 7.90. The highest BCUT2D eigenvalue weighted by Crippen LogP contribution is 2.22. The van der Waals surface area contributed by atoms with Crippen LogP contribution >= 0.6 is 0 Å². The van der Waals surface area contributed by atoms with Gasteiger partial charge in [0.15, 0.2) is 0 Å². The van der Waals surface area contributed by atoms with E-state index in [1.54, 1.807) is 0 Å². The summed E-state index contributed by atoms with van der Waals surface area (Å²) in [5.41, 5.74) is 8.04. The fraction of sp³-hybridized carbons (Fsp3) is 0.385. The van der Waals surface area contributed by atoms with Gasteiger partial charge in [-0.15, -0.1) is 0 Å². The molecule has 0 radical (unpaired) electrons. The summed E-state index contributed by atoms with van der Waals surface area (Å²) in [5, 5.41) is 5.20. The standard InChI is InChI=1S/C24H31N3O.C2H6/c1-3-4-5-6-19-28-24-13-11-23(12-14-24)27(2)26-22-9-7-20(8-10-22)21-15-17-25-18-16-21;1-2/h7-17,25-26H,3-6,18-19H2,1-2H3;1-2H3. The number of unbranched alkanes of at least 4 members (excludes halogenated alkanes) is 3. The lowest BCUT2D eigenvalue weighted by atomic mass is 10.0. The van der Waals surface area contributed by atoms with Crippen LogP contribution in [0.2, 0.25) is 0 Å². The third-order valence-electron chi connectivity index (χ3n) is 4.83. The van der Waals surface area contributed by atoms with Crippen LogP contribution in [-0.2, 0) is 0 Å². The number of hydrazine groups is 1. The van der Waals surface area contributed by atoms with Gasteiger partial charge < -0.3 is 10.1 Å². The quantitative estimate of drug-likeness (QED) is 0.342. The number of anilines is 2. The molecule has 0 fully saturated rings. The number of benzene rings is 2. The summed E-state index contributed by atoms with van der Waals surface area (Å²) in [6, 6.07) is 16.7. The summed E-state index contributed by atoms with van der Waals surface area (Å²) in [7, 11) is 2.02. The Labute approximate surface area is 182 Å². The molecule has 1 heterocycles. The number of dihydropyridines is 1. The van der Waals surface area contributed by atoms with Crippen molar-refractivity contribution in [3.63, 3.8) is 0 Å². The molecule has 4 heteroatoms. The van der Waals surface area contributed by atoms with Gasteiger partial charge in [-0.1, -0.05) is 58.2 Å². The number of ether oxygens (including phenoxy) is 1. The fourth-order valence-electron chi connectivity index (χ4n) is 3.15. The minimum atomic E-state index is 0.793. The molecule has 162 valence electrons. The molecule has 0 amide bonds. The second kappa shape index (κ2) is 13.4. The normalized spacial score (nSPS) is 12.2. The third-order valence-corrected chi connectivity index (χ3v) is 4.83. The molecule has 2 N–H and O–H groups in total. The largest absolute Gasteiger partial charge is 0.494 e.